The predicted octanol–water partition coefficient (Wildman–Crippen LogP) is 1.85. The van der Waals surface area contributed by atoms with Crippen LogP contribution in [0.2, 0.25) is 0 Å². The molecule has 1 rings (SSSR count). The van der Waals surface area contributed by atoms with Crippen LogP contribution in [-0.4, -0.2) is 30.1 Å². The largest absolute Gasteiger partial charge is 0.330 e. The van der Waals surface area contributed by atoms with Gasteiger partial charge in [0.05, 0.1) is 0 Å². The number of nitrogens with zero attached hydrogens (tertiary/aromatic N) is 1. The molecule has 0 aromatic heterocycles. The fourth-order valence-corrected chi connectivity index (χ4v) is 2.34. The Morgan fingerprint density at radius 2 is 2.15 bits per heavy atom. The van der Waals surface area contributed by atoms with Crippen LogP contribution in [0.25, 0.3) is 0 Å². The summed E-state index contributed by atoms with van der Waals surface area (Å²) in [6.45, 7) is 10.3. The molecule has 0 spiro atoms. The number of nitrogens with two attached hydrogens (primary N) is 1. The number of rotatable bonds is 4. The molecule has 1 aliphatic rings. The van der Waals surface area contributed by atoms with Crippen LogP contribution in [0.1, 0.15) is 40.0 Å². The Morgan fingerprint density at radius 3 is 2.62 bits per heavy atom. The summed E-state index contributed by atoms with van der Waals surface area (Å²) in [5.74, 6) is 0.746. The fourth-order valence-electron chi connectivity index (χ4n) is 2.34. The first-order valence-electron chi connectivity index (χ1n) is 5.55. The van der Waals surface area contributed by atoms with Crippen molar-refractivity contribution < 1.29 is 0 Å². The molecule has 0 aromatic carbocycles. The van der Waals surface area contributed by atoms with E-state index in [0.29, 0.717) is 5.54 Å². The second-order valence-electron chi connectivity index (χ2n) is 4.90. The van der Waals surface area contributed by atoms with Crippen LogP contribution in [0.4, 0.5) is 0 Å². The van der Waals surface area contributed by atoms with E-state index < -0.39 is 0 Å². The molecule has 0 amide bonds. The monoisotopic (exact) mass is 184 g/mol. The highest BCUT2D eigenvalue weighted by Crippen LogP contribution is 2.27. The van der Waals surface area contributed by atoms with Crippen molar-refractivity contribution in [2.45, 2.75) is 45.6 Å². The van der Waals surface area contributed by atoms with E-state index in [1.807, 2.05) is 0 Å². The lowest BCUT2D eigenvalue weighted by Crippen LogP contribution is -2.42. The van der Waals surface area contributed by atoms with Gasteiger partial charge in [-0.3, -0.25) is 4.90 Å². The maximum absolute atomic E-state index is 5.69. The van der Waals surface area contributed by atoms with Gasteiger partial charge in [0, 0.05) is 12.1 Å². The lowest BCUT2D eigenvalue weighted by Gasteiger charge is -2.35. The van der Waals surface area contributed by atoms with Gasteiger partial charge in [-0.25, -0.2) is 0 Å². The van der Waals surface area contributed by atoms with Crippen LogP contribution in [0.5, 0.6) is 0 Å². The second kappa shape index (κ2) is 4.43. The van der Waals surface area contributed by atoms with E-state index in [1.165, 1.54) is 32.4 Å². The van der Waals surface area contributed by atoms with Gasteiger partial charge in [0.15, 0.2) is 0 Å². The van der Waals surface area contributed by atoms with Crippen molar-refractivity contribution in [1.82, 2.24) is 4.90 Å². The molecular formula is C11H24N2. The molecule has 1 unspecified atom stereocenters. The number of likely N-dealkylation sites (tertiary alicyclic amines) is 1. The standard InChI is InChI=1S/C11H24N2/c1-4-6-11(2,3)13-7-5-10(8-12)9-13/h10H,4-9,12H2,1-3H3. The van der Waals surface area contributed by atoms with Crippen molar-refractivity contribution >= 4 is 0 Å². The highest BCUT2D eigenvalue weighted by Gasteiger charge is 2.31. The molecule has 1 aliphatic heterocycles. The summed E-state index contributed by atoms with van der Waals surface area (Å²) >= 11 is 0. The SMILES string of the molecule is CCCC(C)(C)N1CCC(CN)C1. The zero-order valence-electron chi connectivity index (χ0n) is 9.34. The van der Waals surface area contributed by atoms with Gasteiger partial charge in [-0.1, -0.05) is 13.3 Å². The third-order valence-electron chi connectivity index (χ3n) is 3.34. The van der Waals surface area contributed by atoms with Crippen molar-refractivity contribution in [3.05, 3.63) is 0 Å². The van der Waals surface area contributed by atoms with Crippen LogP contribution in [0, 0.1) is 5.92 Å². The Kier molecular flexibility index (Phi) is 3.74. The van der Waals surface area contributed by atoms with Crippen molar-refractivity contribution in [2.75, 3.05) is 19.6 Å². The minimum absolute atomic E-state index is 0.388. The molecule has 1 saturated heterocycles. The molecule has 1 heterocycles. The molecule has 13 heavy (non-hydrogen) atoms. The van der Waals surface area contributed by atoms with Gasteiger partial charge in [0.1, 0.15) is 0 Å². The first kappa shape index (κ1) is 11.0. The zero-order chi connectivity index (χ0) is 9.90. The predicted molar refractivity (Wildman–Crippen MR) is 57.7 cm³/mol. The van der Waals surface area contributed by atoms with E-state index in [-0.39, 0.29) is 0 Å². The van der Waals surface area contributed by atoms with Gasteiger partial charge < -0.3 is 5.73 Å². The minimum atomic E-state index is 0.388. The normalized spacial score (nSPS) is 25.4. The molecule has 1 atom stereocenters. The molecule has 0 radical (unpaired) electrons. The Morgan fingerprint density at radius 1 is 1.46 bits per heavy atom. The van der Waals surface area contributed by atoms with Crippen LogP contribution in [-0.2, 0) is 0 Å². The highest BCUT2D eigenvalue weighted by atomic mass is 15.2. The van der Waals surface area contributed by atoms with E-state index >= 15 is 0 Å². The second-order valence-corrected chi connectivity index (χ2v) is 4.90. The Balaban J connectivity index is 2.44. The Hall–Kier alpha value is -0.0800. The summed E-state index contributed by atoms with van der Waals surface area (Å²) in [6, 6.07) is 0. The molecule has 0 saturated carbocycles. The third kappa shape index (κ3) is 2.68. The van der Waals surface area contributed by atoms with E-state index in [2.05, 4.69) is 25.7 Å². The van der Waals surface area contributed by atoms with Crippen molar-refractivity contribution in [3.63, 3.8) is 0 Å². The lowest BCUT2D eigenvalue weighted by atomic mass is 9.97. The van der Waals surface area contributed by atoms with Crippen molar-refractivity contribution in [1.29, 1.82) is 0 Å². The summed E-state index contributed by atoms with van der Waals surface area (Å²) in [7, 11) is 0. The van der Waals surface area contributed by atoms with Gasteiger partial charge in [-0.15, -0.1) is 0 Å². The summed E-state index contributed by atoms with van der Waals surface area (Å²) in [6.07, 6.45) is 3.87. The summed E-state index contributed by atoms with van der Waals surface area (Å²) in [5.41, 5.74) is 6.07. The van der Waals surface area contributed by atoms with E-state index in [4.69, 9.17) is 5.73 Å². The van der Waals surface area contributed by atoms with Crippen LogP contribution in [0.3, 0.4) is 0 Å². The smallest absolute Gasteiger partial charge is 0.0153 e. The third-order valence-corrected chi connectivity index (χ3v) is 3.34. The molecule has 78 valence electrons. The van der Waals surface area contributed by atoms with Crippen molar-refractivity contribution in [2.24, 2.45) is 11.7 Å². The van der Waals surface area contributed by atoms with Gasteiger partial charge in [0.2, 0.25) is 0 Å². The van der Waals surface area contributed by atoms with Gasteiger partial charge >= 0.3 is 0 Å². The molecule has 0 aromatic rings. The average Bonchev–Trinajstić information content (AvgIpc) is 2.52. The molecule has 0 bridgehead atoms. The van der Waals surface area contributed by atoms with Crippen LogP contribution < -0.4 is 5.73 Å². The molecule has 1 fully saturated rings. The van der Waals surface area contributed by atoms with Crippen LogP contribution >= 0.6 is 0 Å². The lowest BCUT2D eigenvalue weighted by molar-refractivity contribution is 0.138. The van der Waals surface area contributed by atoms with Gasteiger partial charge in [0.25, 0.3) is 0 Å². The molecule has 2 nitrogen and oxygen atoms in total. The molecular weight excluding hydrogens is 160 g/mol. The van der Waals surface area contributed by atoms with E-state index in [0.717, 1.165) is 12.5 Å². The minimum Gasteiger partial charge on any atom is -0.330 e. The first-order valence-corrected chi connectivity index (χ1v) is 5.55. The van der Waals surface area contributed by atoms with Crippen LogP contribution in [0.15, 0.2) is 0 Å². The Bertz CT molecular complexity index is 154. The van der Waals surface area contributed by atoms with Crippen molar-refractivity contribution in [3.8, 4) is 0 Å². The average molecular weight is 184 g/mol. The van der Waals surface area contributed by atoms with E-state index in [9.17, 15) is 0 Å². The summed E-state index contributed by atoms with van der Waals surface area (Å²) in [5, 5.41) is 0. The Labute approximate surface area is 82.5 Å². The maximum Gasteiger partial charge on any atom is 0.0153 e. The number of hydrogen-bond donors (Lipinski definition) is 1. The maximum atomic E-state index is 5.69. The zero-order valence-corrected chi connectivity index (χ0v) is 9.34. The molecule has 2 N–H and O–H groups in total. The fraction of sp³-hybridized carbons (Fsp3) is 1.00. The van der Waals surface area contributed by atoms with E-state index in [1.54, 1.807) is 0 Å². The molecule has 2 heteroatoms. The first-order chi connectivity index (χ1) is 6.10. The highest BCUT2D eigenvalue weighted by molar-refractivity contribution is 4.87. The molecule has 0 aliphatic carbocycles. The number of hydrogen-bond acceptors (Lipinski definition) is 2. The van der Waals surface area contributed by atoms with Gasteiger partial charge in [-0.05, 0) is 45.7 Å². The summed E-state index contributed by atoms with van der Waals surface area (Å²) < 4.78 is 0. The summed E-state index contributed by atoms with van der Waals surface area (Å²) in [4.78, 5) is 2.61. The quantitative estimate of drug-likeness (QED) is 0.722. The topological polar surface area (TPSA) is 29.3 Å². The van der Waals surface area contributed by atoms with Gasteiger partial charge in [-0.2, -0.15) is 0 Å².